The lowest BCUT2D eigenvalue weighted by molar-refractivity contribution is 0.0594. The molecule has 21 heavy (non-hydrogen) atoms. The van der Waals surface area contributed by atoms with Crippen molar-refractivity contribution in [3.05, 3.63) is 35.4 Å². The van der Waals surface area contributed by atoms with E-state index in [2.05, 4.69) is 62.5 Å². The van der Waals surface area contributed by atoms with E-state index in [0.29, 0.717) is 6.04 Å². The Kier molecular flexibility index (Phi) is 5.83. The molecule has 1 aromatic rings. The summed E-state index contributed by atoms with van der Waals surface area (Å²) in [6.07, 6.45) is 9.08. The van der Waals surface area contributed by atoms with E-state index in [1.807, 2.05) is 0 Å². The van der Waals surface area contributed by atoms with Crippen LogP contribution in [-0.4, -0.2) is 31.6 Å². The van der Waals surface area contributed by atoms with E-state index in [-0.39, 0.29) is 5.54 Å². The molecular weight excluding hydrogens is 256 g/mol. The first-order valence-corrected chi connectivity index (χ1v) is 8.57. The second kappa shape index (κ2) is 7.42. The van der Waals surface area contributed by atoms with Crippen molar-refractivity contribution in [2.45, 2.75) is 63.5 Å². The first-order valence-electron chi connectivity index (χ1n) is 8.57. The molecule has 0 saturated heterocycles. The third-order valence-corrected chi connectivity index (χ3v) is 5.26. The van der Waals surface area contributed by atoms with E-state index >= 15 is 0 Å². The maximum absolute atomic E-state index is 3.64. The van der Waals surface area contributed by atoms with Crippen LogP contribution in [0.5, 0.6) is 0 Å². The Morgan fingerprint density at radius 1 is 1.19 bits per heavy atom. The van der Waals surface area contributed by atoms with Gasteiger partial charge in [0.05, 0.1) is 6.04 Å². The SMILES string of the molecule is CCCc1cccc(C(NC)C2(N(C)C)CCCCC2)c1. The van der Waals surface area contributed by atoms with Gasteiger partial charge in [0.15, 0.2) is 0 Å². The first-order chi connectivity index (χ1) is 10.1. The minimum atomic E-state index is 0.262. The van der Waals surface area contributed by atoms with Gasteiger partial charge < -0.3 is 10.2 Å². The summed E-state index contributed by atoms with van der Waals surface area (Å²) < 4.78 is 0. The summed E-state index contributed by atoms with van der Waals surface area (Å²) in [5, 5.41) is 3.64. The van der Waals surface area contributed by atoms with Gasteiger partial charge in [-0.15, -0.1) is 0 Å². The van der Waals surface area contributed by atoms with E-state index in [0.717, 1.165) is 0 Å². The second-order valence-corrected chi connectivity index (χ2v) is 6.78. The van der Waals surface area contributed by atoms with Crippen molar-refractivity contribution < 1.29 is 0 Å². The van der Waals surface area contributed by atoms with E-state index in [1.54, 1.807) is 0 Å². The number of hydrogen-bond acceptors (Lipinski definition) is 2. The topological polar surface area (TPSA) is 15.3 Å². The minimum Gasteiger partial charge on any atom is -0.311 e. The van der Waals surface area contributed by atoms with Crippen molar-refractivity contribution in [3.8, 4) is 0 Å². The van der Waals surface area contributed by atoms with Gasteiger partial charge in [0.1, 0.15) is 0 Å². The summed E-state index contributed by atoms with van der Waals surface area (Å²) in [7, 11) is 6.63. The number of likely N-dealkylation sites (N-methyl/N-ethyl adjacent to an activating group) is 2. The molecule has 1 unspecified atom stereocenters. The lowest BCUT2D eigenvalue weighted by Crippen LogP contribution is -2.54. The van der Waals surface area contributed by atoms with Gasteiger partial charge in [-0.1, -0.05) is 56.9 Å². The van der Waals surface area contributed by atoms with E-state index in [4.69, 9.17) is 0 Å². The van der Waals surface area contributed by atoms with Crippen LogP contribution in [0.25, 0.3) is 0 Å². The van der Waals surface area contributed by atoms with Crippen LogP contribution in [0.3, 0.4) is 0 Å². The molecule has 0 aliphatic heterocycles. The molecule has 2 heteroatoms. The Morgan fingerprint density at radius 2 is 1.90 bits per heavy atom. The van der Waals surface area contributed by atoms with Crippen LogP contribution < -0.4 is 5.32 Å². The molecule has 1 aliphatic rings. The summed E-state index contributed by atoms with van der Waals surface area (Å²) in [6, 6.07) is 9.65. The summed E-state index contributed by atoms with van der Waals surface area (Å²) >= 11 is 0. The quantitative estimate of drug-likeness (QED) is 0.845. The molecule has 0 aromatic heterocycles. The zero-order valence-electron chi connectivity index (χ0n) is 14.3. The van der Waals surface area contributed by atoms with Crippen molar-refractivity contribution >= 4 is 0 Å². The molecule has 1 aliphatic carbocycles. The molecule has 1 atom stereocenters. The Morgan fingerprint density at radius 3 is 2.48 bits per heavy atom. The summed E-state index contributed by atoms with van der Waals surface area (Å²) in [6.45, 7) is 2.25. The highest BCUT2D eigenvalue weighted by Gasteiger charge is 2.41. The van der Waals surface area contributed by atoms with Crippen molar-refractivity contribution in [1.29, 1.82) is 0 Å². The maximum Gasteiger partial charge on any atom is 0.0504 e. The molecule has 2 rings (SSSR count). The van der Waals surface area contributed by atoms with Gasteiger partial charge in [0.25, 0.3) is 0 Å². The molecular formula is C19H32N2. The Labute approximate surface area is 130 Å². The molecule has 0 heterocycles. The normalized spacial score (nSPS) is 19.7. The van der Waals surface area contributed by atoms with E-state index < -0.39 is 0 Å². The highest BCUT2D eigenvalue weighted by molar-refractivity contribution is 5.29. The summed E-state index contributed by atoms with van der Waals surface area (Å²) in [5.74, 6) is 0. The van der Waals surface area contributed by atoms with Gasteiger partial charge in [0.2, 0.25) is 0 Å². The summed E-state index contributed by atoms with van der Waals surface area (Å²) in [5.41, 5.74) is 3.19. The van der Waals surface area contributed by atoms with Gasteiger partial charge in [-0.25, -0.2) is 0 Å². The molecule has 1 aromatic carbocycles. The number of nitrogens with zero attached hydrogens (tertiary/aromatic N) is 1. The number of nitrogens with one attached hydrogen (secondary N) is 1. The van der Waals surface area contributed by atoms with Gasteiger partial charge in [-0.05, 0) is 51.5 Å². The zero-order chi connectivity index (χ0) is 15.3. The van der Waals surface area contributed by atoms with Crippen LogP contribution >= 0.6 is 0 Å². The van der Waals surface area contributed by atoms with Crippen molar-refractivity contribution in [2.75, 3.05) is 21.1 Å². The molecule has 0 bridgehead atoms. The zero-order valence-corrected chi connectivity index (χ0v) is 14.3. The average Bonchev–Trinajstić information content (AvgIpc) is 2.49. The van der Waals surface area contributed by atoms with Crippen molar-refractivity contribution in [1.82, 2.24) is 10.2 Å². The Hall–Kier alpha value is -0.860. The van der Waals surface area contributed by atoms with Gasteiger partial charge >= 0.3 is 0 Å². The van der Waals surface area contributed by atoms with Gasteiger partial charge in [-0.2, -0.15) is 0 Å². The molecule has 1 fully saturated rings. The second-order valence-electron chi connectivity index (χ2n) is 6.78. The lowest BCUT2D eigenvalue weighted by atomic mass is 9.73. The summed E-state index contributed by atoms with van der Waals surface area (Å²) in [4.78, 5) is 2.47. The first kappa shape index (κ1) is 16.5. The molecule has 2 nitrogen and oxygen atoms in total. The highest BCUT2D eigenvalue weighted by Crippen LogP contribution is 2.42. The molecule has 1 N–H and O–H groups in total. The number of rotatable bonds is 6. The highest BCUT2D eigenvalue weighted by atomic mass is 15.2. The number of aryl methyl sites for hydroxylation is 1. The number of benzene rings is 1. The molecule has 0 radical (unpaired) electrons. The van der Waals surface area contributed by atoms with Crippen LogP contribution in [-0.2, 0) is 6.42 Å². The van der Waals surface area contributed by atoms with Crippen LogP contribution in [0.2, 0.25) is 0 Å². The molecule has 1 saturated carbocycles. The van der Waals surface area contributed by atoms with Crippen molar-refractivity contribution in [3.63, 3.8) is 0 Å². The Balaban J connectivity index is 2.34. The minimum absolute atomic E-state index is 0.262. The third-order valence-electron chi connectivity index (χ3n) is 5.26. The van der Waals surface area contributed by atoms with E-state index in [9.17, 15) is 0 Å². The predicted octanol–water partition coefficient (Wildman–Crippen LogP) is 4.16. The molecule has 0 amide bonds. The fraction of sp³-hybridized carbons (Fsp3) is 0.684. The average molecular weight is 288 g/mol. The standard InChI is InChI=1S/C19H32N2/c1-5-10-16-11-9-12-17(15-16)18(20-2)19(21(3)4)13-7-6-8-14-19/h9,11-12,15,18,20H,5-8,10,13-14H2,1-4H3. The largest absolute Gasteiger partial charge is 0.311 e. The fourth-order valence-electron chi connectivity index (χ4n) is 4.12. The number of hydrogen-bond donors (Lipinski definition) is 1. The van der Waals surface area contributed by atoms with E-state index in [1.165, 1.54) is 56.1 Å². The van der Waals surface area contributed by atoms with Crippen LogP contribution in [0.1, 0.15) is 62.6 Å². The smallest absolute Gasteiger partial charge is 0.0504 e. The van der Waals surface area contributed by atoms with Crippen LogP contribution in [0.4, 0.5) is 0 Å². The monoisotopic (exact) mass is 288 g/mol. The van der Waals surface area contributed by atoms with Gasteiger partial charge in [-0.3, -0.25) is 0 Å². The van der Waals surface area contributed by atoms with Crippen LogP contribution in [0.15, 0.2) is 24.3 Å². The van der Waals surface area contributed by atoms with Crippen LogP contribution in [0, 0.1) is 0 Å². The van der Waals surface area contributed by atoms with Crippen molar-refractivity contribution in [2.24, 2.45) is 0 Å². The van der Waals surface area contributed by atoms with Gasteiger partial charge in [0, 0.05) is 5.54 Å². The maximum atomic E-state index is 3.64. The molecule has 118 valence electrons. The fourth-order valence-corrected chi connectivity index (χ4v) is 4.12. The third kappa shape index (κ3) is 3.49. The predicted molar refractivity (Wildman–Crippen MR) is 91.7 cm³/mol. The molecule has 0 spiro atoms. The Bertz CT molecular complexity index is 433. The lowest BCUT2D eigenvalue weighted by Gasteiger charge is -2.48.